The van der Waals surface area contributed by atoms with Crippen molar-refractivity contribution in [3.05, 3.63) is 35.4 Å². The van der Waals surface area contributed by atoms with Crippen molar-refractivity contribution in [1.29, 1.82) is 0 Å². The third kappa shape index (κ3) is 4.34. The van der Waals surface area contributed by atoms with E-state index in [1.807, 2.05) is 12.1 Å². The highest BCUT2D eigenvalue weighted by Gasteiger charge is 2.19. The molecule has 1 N–H and O–H groups in total. The van der Waals surface area contributed by atoms with Gasteiger partial charge in [-0.05, 0) is 36.9 Å². The van der Waals surface area contributed by atoms with E-state index in [0.717, 1.165) is 12.1 Å². The van der Waals surface area contributed by atoms with Crippen LogP contribution < -0.4 is 0 Å². The molecule has 1 atom stereocenters. The van der Waals surface area contributed by atoms with Gasteiger partial charge in [0, 0.05) is 12.6 Å². The Morgan fingerprint density at radius 1 is 1.20 bits per heavy atom. The third-order valence-corrected chi connectivity index (χ3v) is 4.23. The molecule has 0 aliphatic carbocycles. The van der Waals surface area contributed by atoms with Crippen LogP contribution in [-0.4, -0.2) is 28.6 Å². The van der Waals surface area contributed by atoms with Crippen molar-refractivity contribution in [3.8, 4) is 0 Å². The van der Waals surface area contributed by atoms with Crippen molar-refractivity contribution < 1.29 is 9.90 Å². The maximum absolute atomic E-state index is 10.7. The first-order chi connectivity index (χ1) is 9.69. The SMILES string of the molecule is CCC1CCCCCN1Cc1ccc(CC(=O)O)cc1. The first kappa shape index (κ1) is 15.0. The van der Waals surface area contributed by atoms with Gasteiger partial charge in [0.2, 0.25) is 0 Å². The number of carboxylic acids is 1. The Morgan fingerprint density at radius 3 is 2.55 bits per heavy atom. The molecular weight excluding hydrogens is 250 g/mol. The molecule has 1 aromatic carbocycles. The predicted octanol–water partition coefficient (Wildman–Crippen LogP) is 3.47. The van der Waals surface area contributed by atoms with Crippen molar-refractivity contribution in [2.75, 3.05) is 6.54 Å². The Kier molecular flexibility index (Phi) is 5.60. The highest BCUT2D eigenvalue weighted by atomic mass is 16.4. The van der Waals surface area contributed by atoms with E-state index in [1.54, 1.807) is 0 Å². The van der Waals surface area contributed by atoms with Gasteiger partial charge in [-0.25, -0.2) is 0 Å². The Balaban J connectivity index is 1.98. The quantitative estimate of drug-likeness (QED) is 0.894. The third-order valence-electron chi connectivity index (χ3n) is 4.23. The van der Waals surface area contributed by atoms with E-state index < -0.39 is 5.97 Å². The van der Waals surface area contributed by atoms with E-state index in [0.29, 0.717) is 6.04 Å². The second kappa shape index (κ2) is 7.44. The summed E-state index contributed by atoms with van der Waals surface area (Å²) in [5.74, 6) is -0.767. The van der Waals surface area contributed by atoms with Gasteiger partial charge in [0.15, 0.2) is 0 Å². The molecule has 1 saturated heterocycles. The van der Waals surface area contributed by atoms with E-state index >= 15 is 0 Å². The number of aliphatic carboxylic acids is 1. The van der Waals surface area contributed by atoms with Crippen LogP contribution in [0.3, 0.4) is 0 Å². The lowest BCUT2D eigenvalue weighted by atomic mass is 10.1. The number of rotatable bonds is 5. The van der Waals surface area contributed by atoms with E-state index in [9.17, 15) is 4.79 Å². The van der Waals surface area contributed by atoms with Crippen LogP contribution in [0.15, 0.2) is 24.3 Å². The van der Waals surface area contributed by atoms with E-state index in [-0.39, 0.29) is 6.42 Å². The lowest BCUT2D eigenvalue weighted by Crippen LogP contribution is -2.33. The summed E-state index contributed by atoms with van der Waals surface area (Å²) in [6.07, 6.45) is 6.65. The smallest absolute Gasteiger partial charge is 0.307 e. The molecule has 0 saturated carbocycles. The largest absolute Gasteiger partial charge is 0.481 e. The van der Waals surface area contributed by atoms with Gasteiger partial charge in [-0.2, -0.15) is 0 Å². The Bertz CT molecular complexity index is 427. The van der Waals surface area contributed by atoms with Crippen LogP contribution in [0.4, 0.5) is 0 Å². The summed E-state index contributed by atoms with van der Waals surface area (Å²) in [5.41, 5.74) is 2.17. The normalized spacial score (nSPS) is 20.6. The topological polar surface area (TPSA) is 40.5 Å². The van der Waals surface area contributed by atoms with Crippen molar-refractivity contribution in [2.45, 2.75) is 58.0 Å². The monoisotopic (exact) mass is 275 g/mol. The summed E-state index contributed by atoms with van der Waals surface area (Å²) in [6, 6.07) is 8.76. The molecule has 1 aliphatic heterocycles. The minimum Gasteiger partial charge on any atom is -0.481 e. The molecule has 0 spiro atoms. The van der Waals surface area contributed by atoms with Gasteiger partial charge in [0.1, 0.15) is 0 Å². The van der Waals surface area contributed by atoms with Gasteiger partial charge in [-0.15, -0.1) is 0 Å². The Morgan fingerprint density at radius 2 is 1.90 bits per heavy atom. The maximum atomic E-state index is 10.7. The summed E-state index contributed by atoms with van der Waals surface area (Å²) >= 11 is 0. The van der Waals surface area contributed by atoms with Crippen LogP contribution >= 0.6 is 0 Å². The number of nitrogens with zero attached hydrogens (tertiary/aromatic N) is 1. The molecule has 1 aliphatic rings. The summed E-state index contributed by atoms with van der Waals surface area (Å²) < 4.78 is 0. The van der Waals surface area contributed by atoms with Gasteiger partial charge >= 0.3 is 5.97 Å². The molecule has 1 heterocycles. The molecule has 3 heteroatoms. The number of likely N-dealkylation sites (tertiary alicyclic amines) is 1. The zero-order valence-electron chi connectivity index (χ0n) is 12.3. The van der Waals surface area contributed by atoms with Crippen LogP contribution in [0.25, 0.3) is 0 Å². The average molecular weight is 275 g/mol. The van der Waals surface area contributed by atoms with Gasteiger partial charge in [-0.3, -0.25) is 9.69 Å². The fourth-order valence-electron chi connectivity index (χ4n) is 3.08. The molecule has 110 valence electrons. The minimum atomic E-state index is -0.767. The molecule has 0 amide bonds. The first-order valence-corrected chi connectivity index (χ1v) is 7.72. The number of carboxylic acid groups (broad SMARTS) is 1. The maximum Gasteiger partial charge on any atom is 0.307 e. The second-order valence-electron chi connectivity index (χ2n) is 5.77. The molecule has 3 nitrogen and oxygen atoms in total. The van der Waals surface area contributed by atoms with Crippen LogP contribution in [-0.2, 0) is 17.8 Å². The van der Waals surface area contributed by atoms with E-state index in [2.05, 4.69) is 24.0 Å². The predicted molar refractivity (Wildman–Crippen MR) is 80.7 cm³/mol. The highest BCUT2D eigenvalue weighted by Crippen LogP contribution is 2.21. The standard InChI is InChI=1S/C17H25NO2/c1-2-16-6-4-3-5-11-18(16)13-15-9-7-14(8-10-15)12-17(19)20/h7-10,16H,2-6,11-13H2,1H3,(H,19,20). The molecule has 0 aromatic heterocycles. The van der Waals surface area contributed by atoms with Crippen LogP contribution in [0.2, 0.25) is 0 Å². The summed E-state index contributed by atoms with van der Waals surface area (Å²) in [6.45, 7) is 4.46. The summed E-state index contributed by atoms with van der Waals surface area (Å²) in [5, 5.41) is 8.79. The fraction of sp³-hybridized carbons (Fsp3) is 0.588. The second-order valence-corrected chi connectivity index (χ2v) is 5.77. The van der Waals surface area contributed by atoms with Gasteiger partial charge in [0.05, 0.1) is 6.42 Å². The van der Waals surface area contributed by atoms with Crippen molar-refractivity contribution in [2.24, 2.45) is 0 Å². The van der Waals surface area contributed by atoms with E-state index in [1.165, 1.54) is 44.2 Å². The first-order valence-electron chi connectivity index (χ1n) is 7.72. The lowest BCUT2D eigenvalue weighted by Gasteiger charge is -2.29. The zero-order valence-corrected chi connectivity index (χ0v) is 12.3. The molecule has 1 aromatic rings. The van der Waals surface area contributed by atoms with Crippen LogP contribution in [0, 0.1) is 0 Å². The number of benzene rings is 1. The van der Waals surface area contributed by atoms with E-state index in [4.69, 9.17) is 5.11 Å². The Labute approximate surface area is 121 Å². The van der Waals surface area contributed by atoms with Crippen LogP contribution in [0.5, 0.6) is 0 Å². The van der Waals surface area contributed by atoms with Gasteiger partial charge < -0.3 is 5.11 Å². The molecule has 2 rings (SSSR count). The summed E-state index contributed by atoms with van der Waals surface area (Å²) in [7, 11) is 0. The summed E-state index contributed by atoms with van der Waals surface area (Å²) in [4.78, 5) is 13.3. The Hall–Kier alpha value is -1.35. The zero-order chi connectivity index (χ0) is 14.4. The number of hydrogen-bond acceptors (Lipinski definition) is 2. The molecule has 0 bridgehead atoms. The number of carbonyl (C=O) groups is 1. The highest BCUT2D eigenvalue weighted by molar-refractivity contribution is 5.70. The molecule has 20 heavy (non-hydrogen) atoms. The van der Waals surface area contributed by atoms with Gasteiger partial charge in [-0.1, -0.05) is 44.0 Å². The lowest BCUT2D eigenvalue weighted by molar-refractivity contribution is -0.136. The van der Waals surface area contributed by atoms with Crippen molar-refractivity contribution in [3.63, 3.8) is 0 Å². The molecule has 1 unspecified atom stereocenters. The van der Waals surface area contributed by atoms with Crippen LogP contribution in [0.1, 0.15) is 50.2 Å². The van der Waals surface area contributed by atoms with Crippen molar-refractivity contribution >= 4 is 5.97 Å². The molecule has 1 fully saturated rings. The average Bonchev–Trinajstić information content (AvgIpc) is 2.65. The minimum absolute atomic E-state index is 0.113. The molecule has 0 radical (unpaired) electrons. The molecular formula is C17H25NO2. The number of hydrogen-bond donors (Lipinski definition) is 1. The van der Waals surface area contributed by atoms with Gasteiger partial charge in [0.25, 0.3) is 0 Å². The fourth-order valence-corrected chi connectivity index (χ4v) is 3.08. The van der Waals surface area contributed by atoms with Crippen molar-refractivity contribution in [1.82, 2.24) is 4.90 Å².